The molecule has 1 saturated carbocycles. The average Bonchev–Trinajstić information content (AvgIpc) is 3.23. The molecule has 1 unspecified atom stereocenters. The van der Waals surface area contributed by atoms with Crippen LogP contribution < -0.4 is 5.48 Å². The van der Waals surface area contributed by atoms with Crippen LogP contribution in [0.3, 0.4) is 0 Å². The van der Waals surface area contributed by atoms with Crippen molar-refractivity contribution in [2.75, 3.05) is 0 Å². The Morgan fingerprint density at radius 2 is 1.83 bits per heavy atom. The predicted octanol–water partition coefficient (Wildman–Crippen LogP) is 3.54. The molecule has 36 heavy (non-hydrogen) atoms. The number of nitrogens with one attached hydrogen (secondary N) is 1. The van der Waals surface area contributed by atoms with Gasteiger partial charge in [-0.05, 0) is 57.2 Å². The summed E-state index contributed by atoms with van der Waals surface area (Å²) in [5, 5.41) is 19.5. The number of halogens is 2. The van der Waals surface area contributed by atoms with Gasteiger partial charge in [0.1, 0.15) is 22.6 Å². The second kappa shape index (κ2) is 8.88. The lowest BCUT2D eigenvalue weighted by Crippen LogP contribution is -2.54. The van der Waals surface area contributed by atoms with Gasteiger partial charge in [-0.2, -0.15) is 4.31 Å². The molecule has 5 rings (SSSR count). The van der Waals surface area contributed by atoms with E-state index >= 15 is 8.78 Å². The summed E-state index contributed by atoms with van der Waals surface area (Å²) < 4.78 is 59.3. The molecule has 0 aromatic heterocycles. The van der Waals surface area contributed by atoms with Crippen molar-refractivity contribution >= 4 is 10.0 Å². The summed E-state index contributed by atoms with van der Waals surface area (Å²) >= 11 is 0. The van der Waals surface area contributed by atoms with Crippen LogP contribution in [0, 0.1) is 11.6 Å². The van der Waals surface area contributed by atoms with E-state index < -0.39 is 44.2 Å². The van der Waals surface area contributed by atoms with E-state index in [9.17, 15) is 18.6 Å². The average molecular weight is 521 g/mol. The number of sulfonamides is 1. The van der Waals surface area contributed by atoms with Gasteiger partial charge in [-0.3, -0.25) is 0 Å². The molecule has 2 aliphatic heterocycles. The topological polar surface area (TPSA) is 99.1 Å². The van der Waals surface area contributed by atoms with Gasteiger partial charge in [0.15, 0.2) is 6.23 Å². The summed E-state index contributed by atoms with van der Waals surface area (Å²) in [4.78, 5) is 5.34. The number of benzene rings is 2. The van der Waals surface area contributed by atoms with E-state index in [1.807, 2.05) is 6.07 Å². The lowest BCUT2D eigenvalue weighted by Gasteiger charge is -2.51. The molecule has 2 aromatic rings. The molecule has 0 spiro atoms. The van der Waals surface area contributed by atoms with Gasteiger partial charge in [-0.25, -0.2) is 17.2 Å². The number of rotatable bonds is 5. The molecule has 0 amide bonds. The van der Waals surface area contributed by atoms with Crippen molar-refractivity contribution in [1.29, 1.82) is 0 Å². The van der Waals surface area contributed by atoms with Crippen LogP contribution in [0.25, 0.3) is 0 Å². The summed E-state index contributed by atoms with van der Waals surface area (Å²) in [6.45, 7) is 3.08. The van der Waals surface area contributed by atoms with Crippen molar-refractivity contribution in [2.24, 2.45) is 0 Å². The Bertz CT molecular complexity index is 1290. The molecular weight excluding hydrogens is 490 g/mol. The highest BCUT2D eigenvalue weighted by molar-refractivity contribution is 7.89. The Kier molecular flexibility index (Phi) is 6.24. The molecule has 0 radical (unpaired) electrons. The zero-order valence-corrected chi connectivity index (χ0v) is 20.9. The maximum absolute atomic E-state index is 15.6. The van der Waals surface area contributed by atoms with E-state index in [1.165, 1.54) is 10.4 Å². The molecule has 3 aliphatic rings. The van der Waals surface area contributed by atoms with Crippen molar-refractivity contribution in [2.45, 2.75) is 74.6 Å². The minimum absolute atomic E-state index is 0.00543. The van der Waals surface area contributed by atoms with Crippen LogP contribution in [0.2, 0.25) is 0 Å². The van der Waals surface area contributed by atoms with E-state index in [1.54, 1.807) is 38.1 Å². The lowest BCUT2D eigenvalue weighted by molar-refractivity contribution is -0.0891. The number of allylic oxidation sites excluding steroid dienone is 1. The number of aliphatic hydroxyl groups excluding tert-OH is 1. The first-order chi connectivity index (χ1) is 16.9. The summed E-state index contributed by atoms with van der Waals surface area (Å²) in [5.41, 5.74) is 0.706. The van der Waals surface area contributed by atoms with Crippen LogP contribution in [0.5, 0.6) is 0 Å². The van der Waals surface area contributed by atoms with E-state index in [-0.39, 0.29) is 42.3 Å². The molecule has 194 valence electrons. The first-order valence-electron chi connectivity index (χ1n) is 12.0. The molecule has 10 heteroatoms. The van der Waals surface area contributed by atoms with Crippen LogP contribution in [-0.4, -0.2) is 40.8 Å². The fraction of sp³-hybridized carbons (Fsp3) is 0.462. The van der Waals surface area contributed by atoms with Crippen LogP contribution >= 0.6 is 0 Å². The molecular formula is C26H30F2N2O5S. The van der Waals surface area contributed by atoms with E-state index in [4.69, 9.17) is 4.84 Å². The van der Waals surface area contributed by atoms with Crippen LogP contribution in [0.15, 0.2) is 54.3 Å². The smallest absolute Gasteiger partial charge is 0.221 e. The fourth-order valence-corrected chi connectivity index (χ4v) is 8.12. The van der Waals surface area contributed by atoms with Gasteiger partial charge in [0, 0.05) is 29.8 Å². The molecule has 3 atom stereocenters. The Balaban J connectivity index is 1.47. The Hall–Kier alpha value is -2.37. The molecule has 2 aromatic carbocycles. The van der Waals surface area contributed by atoms with Gasteiger partial charge in [0.25, 0.3) is 0 Å². The number of hydroxylamine groups is 1. The molecule has 0 bridgehead atoms. The third-order valence-corrected chi connectivity index (χ3v) is 9.98. The Morgan fingerprint density at radius 3 is 2.44 bits per heavy atom. The third-order valence-electron chi connectivity index (χ3n) is 7.61. The van der Waals surface area contributed by atoms with E-state index in [0.717, 1.165) is 12.1 Å². The van der Waals surface area contributed by atoms with Gasteiger partial charge in [0.05, 0.1) is 11.0 Å². The largest absolute Gasteiger partial charge is 0.410 e. The zero-order valence-electron chi connectivity index (χ0n) is 20.1. The summed E-state index contributed by atoms with van der Waals surface area (Å²) in [6.07, 6.45) is 1.47. The minimum atomic E-state index is -3.82. The predicted molar refractivity (Wildman–Crippen MR) is 129 cm³/mol. The van der Waals surface area contributed by atoms with Gasteiger partial charge in [-0.1, -0.05) is 30.3 Å². The molecule has 2 heterocycles. The maximum atomic E-state index is 15.6. The van der Waals surface area contributed by atoms with Gasteiger partial charge >= 0.3 is 0 Å². The maximum Gasteiger partial charge on any atom is 0.221 e. The zero-order chi connectivity index (χ0) is 25.9. The number of hydrogen-bond acceptors (Lipinski definition) is 6. The Morgan fingerprint density at radius 1 is 1.14 bits per heavy atom. The molecule has 7 nitrogen and oxygen atoms in total. The standard InChI is InChI=1S/C26H30F2N2O5S/c1-16-8-9-22(17-6-4-3-5-7-17)36(33,34)30(16)13-18-10-21(28)19(11-20(18)27)26(14-25(2,32)15-26)23-12-24(31)29-35-23/h3-7,10-12,16,22,24,29,31-32H,8-9,13-15H2,1-2H3/t16-,22+,24?,25-,26-/m0/s1. The van der Waals surface area contributed by atoms with Crippen molar-refractivity contribution in [3.05, 3.63) is 82.6 Å². The quantitative estimate of drug-likeness (QED) is 0.558. The third kappa shape index (κ3) is 4.24. The molecule has 1 saturated heterocycles. The SMILES string of the molecule is C[C@H]1CC[C@H](c2ccccc2)S(=O)(=O)N1Cc1cc(F)c([C@]2(C3=CC(O)NO3)C[C@](C)(O)C2)cc1F. The van der Waals surface area contributed by atoms with Crippen molar-refractivity contribution < 1.29 is 32.2 Å². The van der Waals surface area contributed by atoms with Gasteiger partial charge < -0.3 is 15.1 Å². The first kappa shape index (κ1) is 25.3. The first-order valence-corrected chi connectivity index (χ1v) is 13.5. The highest BCUT2D eigenvalue weighted by Crippen LogP contribution is 2.56. The molecule has 1 aliphatic carbocycles. The monoisotopic (exact) mass is 520 g/mol. The van der Waals surface area contributed by atoms with Crippen LogP contribution in [-0.2, 0) is 26.8 Å². The second-order valence-corrected chi connectivity index (χ2v) is 12.5. The highest BCUT2D eigenvalue weighted by atomic mass is 32.2. The second-order valence-electron chi connectivity index (χ2n) is 10.5. The van der Waals surface area contributed by atoms with Crippen molar-refractivity contribution in [3.8, 4) is 0 Å². The summed E-state index contributed by atoms with van der Waals surface area (Å²) in [5.74, 6) is -1.26. The highest BCUT2D eigenvalue weighted by Gasteiger charge is 2.58. The van der Waals surface area contributed by atoms with Gasteiger partial charge in [-0.15, -0.1) is 5.48 Å². The van der Waals surface area contributed by atoms with Gasteiger partial charge in [0.2, 0.25) is 10.0 Å². The normalized spacial score (nSPS) is 34.1. The number of aliphatic hydroxyl groups is 2. The van der Waals surface area contributed by atoms with Crippen molar-refractivity contribution in [3.63, 3.8) is 0 Å². The minimum Gasteiger partial charge on any atom is -0.410 e. The number of hydrogen-bond donors (Lipinski definition) is 3. The van der Waals surface area contributed by atoms with Crippen LogP contribution in [0.1, 0.15) is 61.5 Å². The number of nitrogens with zero attached hydrogens (tertiary/aromatic N) is 1. The van der Waals surface area contributed by atoms with Crippen molar-refractivity contribution in [1.82, 2.24) is 9.79 Å². The fourth-order valence-electron chi connectivity index (χ4n) is 5.93. The molecule has 2 fully saturated rings. The molecule has 3 N–H and O–H groups in total. The van der Waals surface area contributed by atoms with Crippen LogP contribution in [0.4, 0.5) is 8.78 Å². The Labute approximate surface area is 209 Å². The lowest BCUT2D eigenvalue weighted by atomic mass is 9.55. The van der Waals surface area contributed by atoms with E-state index in [2.05, 4.69) is 5.48 Å². The summed E-state index contributed by atoms with van der Waals surface area (Å²) in [6, 6.07) is 10.6. The van der Waals surface area contributed by atoms with E-state index in [0.29, 0.717) is 18.4 Å². The summed E-state index contributed by atoms with van der Waals surface area (Å²) in [7, 11) is -3.82.